The van der Waals surface area contributed by atoms with Gasteiger partial charge in [0.2, 0.25) is 0 Å². The maximum absolute atomic E-state index is 13.1. The van der Waals surface area contributed by atoms with Gasteiger partial charge in [-0.3, -0.25) is 9.13 Å². The summed E-state index contributed by atoms with van der Waals surface area (Å²) in [5.74, 6) is 0.460. The van der Waals surface area contributed by atoms with E-state index in [1.807, 2.05) is 32.0 Å². The minimum absolute atomic E-state index is 0.0264. The molecule has 0 fully saturated rings. The zero-order valence-electron chi connectivity index (χ0n) is 17.6. The number of benzene rings is 2. The van der Waals surface area contributed by atoms with Gasteiger partial charge in [0.1, 0.15) is 5.49 Å². The van der Waals surface area contributed by atoms with E-state index in [-0.39, 0.29) is 18.0 Å². The summed E-state index contributed by atoms with van der Waals surface area (Å²) in [6.07, 6.45) is 0.650. The predicted molar refractivity (Wildman–Crippen MR) is 114 cm³/mol. The highest BCUT2D eigenvalue weighted by molar-refractivity contribution is 5.69. The SMILES string of the molecule is COc1cc2c(cc1O)CCn1c-2cc(=Nc2c(C)cc(CO)cc2C)n(C)c1=O. The van der Waals surface area contributed by atoms with Crippen LogP contribution in [0.15, 0.2) is 40.1 Å². The Morgan fingerprint density at radius 3 is 2.47 bits per heavy atom. The Morgan fingerprint density at radius 1 is 1.13 bits per heavy atom. The molecule has 0 saturated carbocycles. The van der Waals surface area contributed by atoms with E-state index in [4.69, 9.17) is 9.73 Å². The molecule has 0 bridgehead atoms. The Bertz CT molecular complexity index is 1260. The second-order valence-corrected chi connectivity index (χ2v) is 7.66. The van der Waals surface area contributed by atoms with Gasteiger partial charge in [-0.1, -0.05) is 12.1 Å². The van der Waals surface area contributed by atoms with E-state index in [0.717, 1.165) is 39.2 Å². The van der Waals surface area contributed by atoms with E-state index in [2.05, 4.69) is 0 Å². The zero-order valence-corrected chi connectivity index (χ0v) is 17.6. The van der Waals surface area contributed by atoms with Crippen LogP contribution >= 0.6 is 0 Å². The summed E-state index contributed by atoms with van der Waals surface area (Å²) in [6.45, 7) is 4.39. The number of ether oxygens (including phenoxy) is 1. The van der Waals surface area contributed by atoms with E-state index >= 15 is 0 Å². The van der Waals surface area contributed by atoms with Gasteiger partial charge in [-0.15, -0.1) is 0 Å². The molecule has 0 saturated heterocycles. The van der Waals surface area contributed by atoms with Gasteiger partial charge in [0, 0.05) is 25.2 Å². The van der Waals surface area contributed by atoms with Crippen molar-refractivity contribution in [2.75, 3.05) is 7.11 Å². The number of rotatable bonds is 3. The first kappa shape index (κ1) is 20.0. The number of aromatic nitrogens is 2. The average molecular weight is 407 g/mol. The third-order valence-electron chi connectivity index (χ3n) is 5.66. The molecule has 1 aliphatic rings. The van der Waals surface area contributed by atoms with Crippen molar-refractivity contribution < 1.29 is 14.9 Å². The lowest BCUT2D eigenvalue weighted by Gasteiger charge is -2.23. The van der Waals surface area contributed by atoms with Crippen LogP contribution in [0.1, 0.15) is 22.3 Å². The molecule has 1 aromatic heterocycles. The van der Waals surface area contributed by atoms with Gasteiger partial charge in [0.15, 0.2) is 11.5 Å². The third kappa shape index (κ3) is 3.21. The summed E-state index contributed by atoms with van der Waals surface area (Å²) in [5, 5.41) is 19.6. The standard InChI is InChI=1S/C23H25N3O4/c1-13-7-15(12-27)8-14(2)22(13)24-21-11-18-17-10-20(30-4)19(28)9-16(17)5-6-26(18)23(29)25(21)3/h7-11,27-28H,5-6,12H2,1-4H3. The van der Waals surface area contributed by atoms with Crippen molar-refractivity contribution in [1.29, 1.82) is 0 Å². The molecule has 7 heteroatoms. The first-order chi connectivity index (χ1) is 14.3. The number of hydrogen-bond acceptors (Lipinski definition) is 5. The molecular formula is C23H25N3O4. The summed E-state index contributed by atoms with van der Waals surface area (Å²) in [6, 6.07) is 9.17. The number of hydrogen-bond donors (Lipinski definition) is 2. The number of fused-ring (bicyclic) bond motifs is 3. The van der Waals surface area contributed by atoms with Gasteiger partial charge >= 0.3 is 5.69 Å². The molecule has 4 rings (SSSR count). The number of phenols is 1. The van der Waals surface area contributed by atoms with Gasteiger partial charge in [0.05, 0.1) is 25.1 Å². The molecule has 0 amide bonds. The Kier molecular flexibility index (Phi) is 4.99. The van der Waals surface area contributed by atoms with Crippen molar-refractivity contribution in [3.8, 4) is 22.8 Å². The smallest absolute Gasteiger partial charge is 0.329 e. The number of aromatic hydroxyl groups is 1. The van der Waals surface area contributed by atoms with E-state index in [1.54, 1.807) is 28.3 Å². The minimum atomic E-state index is -0.147. The first-order valence-electron chi connectivity index (χ1n) is 9.81. The van der Waals surface area contributed by atoms with E-state index in [0.29, 0.717) is 24.2 Å². The van der Waals surface area contributed by atoms with Crippen LogP contribution < -0.4 is 15.9 Å². The summed E-state index contributed by atoms with van der Waals surface area (Å²) in [7, 11) is 3.22. The largest absolute Gasteiger partial charge is 0.504 e. The molecule has 7 nitrogen and oxygen atoms in total. The maximum atomic E-state index is 13.1. The van der Waals surface area contributed by atoms with Crippen molar-refractivity contribution in [2.24, 2.45) is 12.0 Å². The molecule has 2 heterocycles. The highest BCUT2D eigenvalue weighted by Crippen LogP contribution is 2.36. The van der Waals surface area contributed by atoms with Crippen LogP contribution in [-0.4, -0.2) is 26.5 Å². The number of methoxy groups -OCH3 is 1. The highest BCUT2D eigenvalue weighted by atomic mass is 16.5. The summed E-state index contributed by atoms with van der Waals surface area (Å²) < 4.78 is 8.55. The lowest BCUT2D eigenvalue weighted by atomic mass is 9.97. The quantitative estimate of drug-likeness (QED) is 0.698. The fourth-order valence-corrected chi connectivity index (χ4v) is 4.11. The molecule has 2 N–H and O–H groups in total. The second-order valence-electron chi connectivity index (χ2n) is 7.66. The predicted octanol–water partition coefficient (Wildman–Crippen LogP) is 2.47. The Balaban J connectivity index is 1.98. The molecule has 30 heavy (non-hydrogen) atoms. The van der Waals surface area contributed by atoms with Crippen molar-refractivity contribution in [2.45, 2.75) is 33.4 Å². The molecule has 0 unspecified atom stereocenters. The number of phenolic OH excluding ortho intramolecular Hbond substituents is 1. The van der Waals surface area contributed by atoms with Crippen LogP contribution in [0.4, 0.5) is 5.69 Å². The normalized spacial score (nSPS) is 13.2. The molecule has 156 valence electrons. The van der Waals surface area contributed by atoms with Gasteiger partial charge in [0.25, 0.3) is 0 Å². The molecule has 1 aliphatic heterocycles. The lowest BCUT2D eigenvalue weighted by molar-refractivity contribution is 0.281. The number of nitrogens with zero attached hydrogens (tertiary/aromatic N) is 3. The van der Waals surface area contributed by atoms with Gasteiger partial charge in [-0.25, -0.2) is 9.79 Å². The molecule has 0 atom stereocenters. The van der Waals surface area contributed by atoms with E-state index in [1.165, 1.54) is 7.11 Å². The van der Waals surface area contributed by atoms with Crippen LogP contribution in [-0.2, 0) is 26.6 Å². The Morgan fingerprint density at radius 2 is 1.83 bits per heavy atom. The molecule has 0 spiro atoms. The maximum Gasteiger partial charge on any atom is 0.329 e. The van der Waals surface area contributed by atoms with Gasteiger partial charge in [-0.2, -0.15) is 0 Å². The molecule has 2 aromatic carbocycles. The van der Waals surface area contributed by atoms with Gasteiger partial charge in [-0.05, 0) is 54.7 Å². The van der Waals surface area contributed by atoms with E-state index in [9.17, 15) is 15.0 Å². The van der Waals surface area contributed by atoms with Crippen LogP contribution in [0.2, 0.25) is 0 Å². The zero-order chi connectivity index (χ0) is 21.6. The van der Waals surface area contributed by atoms with Crippen molar-refractivity contribution in [3.63, 3.8) is 0 Å². The molecule has 0 radical (unpaired) electrons. The Labute approximate surface area is 174 Å². The lowest BCUT2D eigenvalue weighted by Crippen LogP contribution is -2.40. The monoisotopic (exact) mass is 407 g/mol. The van der Waals surface area contributed by atoms with Crippen molar-refractivity contribution in [3.05, 3.63) is 68.6 Å². The van der Waals surface area contributed by atoms with Crippen LogP contribution in [0.3, 0.4) is 0 Å². The number of aliphatic hydroxyl groups is 1. The number of aliphatic hydroxyl groups excluding tert-OH is 1. The molecule has 3 aromatic rings. The van der Waals surface area contributed by atoms with E-state index < -0.39 is 0 Å². The average Bonchev–Trinajstić information content (AvgIpc) is 2.73. The summed E-state index contributed by atoms with van der Waals surface area (Å²) in [4.78, 5) is 17.9. The fourth-order valence-electron chi connectivity index (χ4n) is 4.11. The minimum Gasteiger partial charge on any atom is -0.504 e. The topological polar surface area (TPSA) is 89.0 Å². The van der Waals surface area contributed by atoms with Crippen LogP contribution in [0.25, 0.3) is 11.3 Å². The van der Waals surface area contributed by atoms with Crippen molar-refractivity contribution in [1.82, 2.24) is 9.13 Å². The fraction of sp³-hybridized carbons (Fsp3) is 0.304. The molecule has 0 aliphatic carbocycles. The highest BCUT2D eigenvalue weighted by Gasteiger charge is 2.21. The Hall–Kier alpha value is -3.32. The third-order valence-corrected chi connectivity index (χ3v) is 5.66. The summed E-state index contributed by atoms with van der Waals surface area (Å²) >= 11 is 0. The summed E-state index contributed by atoms with van der Waals surface area (Å²) in [5.41, 5.74) is 6.44. The van der Waals surface area contributed by atoms with Crippen LogP contribution in [0, 0.1) is 13.8 Å². The molecular weight excluding hydrogens is 382 g/mol. The first-order valence-corrected chi connectivity index (χ1v) is 9.81. The number of aryl methyl sites for hydroxylation is 3. The van der Waals surface area contributed by atoms with Gasteiger partial charge < -0.3 is 14.9 Å². The van der Waals surface area contributed by atoms with Crippen molar-refractivity contribution >= 4 is 5.69 Å². The second kappa shape index (κ2) is 7.50. The van der Waals surface area contributed by atoms with Crippen LogP contribution in [0.5, 0.6) is 11.5 Å².